The van der Waals surface area contributed by atoms with Crippen molar-refractivity contribution < 1.29 is 9.63 Å². The second-order valence-electron chi connectivity index (χ2n) is 5.72. The molecule has 20 heavy (non-hydrogen) atoms. The van der Waals surface area contributed by atoms with Gasteiger partial charge in [0, 0.05) is 12.5 Å². The van der Waals surface area contributed by atoms with Crippen LogP contribution in [0.1, 0.15) is 41.2 Å². The number of nitrogens with one attached hydrogen (secondary N) is 1. The minimum Gasteiger partial charge on any atom is -0.392 e. The Balaban J connectivity index is 1.52. The van der Waals surface area contributed by atoms with Gasteiger partial charge < -0.3 is 14.9 Å². The van der Waals surface area contributed by atoms with Crippen LogP contribution in [0.5, 0.6) is 0 Å². The highest BCUT2D eigenvalue weighted by Crippen LogP contribution is 2.33. The summed E-state index contributed by atoms with van der Waals surface area (Å²) in [5, 5.41) is 16.9. The van der Waals surface area contributed by atoms with E-state index in [0.29, 0.717) is 24.8 Å². The normalized spacial score (nSPS) is 26.1. The summed E-state index contributed by atoms with van der Waals surface area (Å²) in [5.74, 6) is 1.71. The molecule has 1 saturated heterocycles. The zero-order chi connectivity index (χ0) is 13.5. The summed E-state index contributed by atoms with van der Waals surface area (Å²) in [4.78, 5) is 4.54. The Morgan fingerprint density at radius 3 is 2.60 bits per heavy atom. The van der Waals surface area contributed by atoms with E-state index in [4.69, 9.17) is 4.52 Å². The first-order valence-corrected chi connectivity index (χ1v) is 7.11. The summed E-state index contributed by atoms with van der Waals surface area (Å²) >= 11 is 0. The standard InChI is InChI=1S/C15H17N3O2/c19-12-7-13(16-8-12)15-17-14(18-20-15)11-5-9-3-1-2-4-10(9)6-11/h1-4,11-13,16,19H,5-8H2/t12-,13-/m1/s1. The van der Waals surface area contributed by atoms with Gasteiger partial charge in [-0.25, -0.2) is 0 Å². The molecule has 1 aliphatic heterocycles. The molecule has 2 heterocycles. The number of nitrogens with zero attached hydrogens (tertiary/aromatic N) is 2. The number of fused-ring (bicyclic) bond motifs is 1. The lowest BCUT2D eigenvalue weighted by molar-refractivity contribution is 0.191. The van der Waals surface area contributed by atoms with E-state index in [1.807, 2.05) is 0 Å². The van der Waals surface area contributed by atoms with Crippen molar-refractivity contribution in [2.24, 2.45) is 0 Å². The molecule has 4 rings (SSSR count). The number of hydrogen-bond donors (Lipinski definition) is 2. The fourth-order valence-corrected chi connectivity index (χ4v) is 3.20. The minimum absolute atomic E-state index is 0.00460. The topological polar surface area (TPSA) is 71.2 Å². The van der Waals surface area contributed by atoms with Crippen LogP contribution in [0.15, 0.2) is 28.8 Å². The van der Waals surface area contributed by atoms with E-state index in [1.54, 1.807) is 0 Å². The van der Waals surface area contributed by atoms with Crippen LogP contribution in [-0.2, 0) is 12.8 Å². The van der Waals surface area contributed by atoms with Gasteiger partial charge in [-0.05, 0) is 30.4 Å². The minimum atomic E-state index is -0.314. The Morgan fingerprint density at radius 1 is 1.20 bits per heavy atom. The molecule has 104 valence electrons. The lowest BCUT2D eigenvalue weighted by atomic mass is 10.1. The number of aliphatic hydroxyl groups excluding tert-OH is 1. The average Bonchev–Trinajstić information content (AvgIpc) is 3.16. The summed E-state index contributed by atoms with van der Waals surface area (Å²) in [6.07, 6.45) is 2.30. The van der Waals surface area contributed by atoms with Gasteiger partial charge in [0.05, 0.1) is 12.1 Å². The summed E-state index contributed by atoms with van der Waals surface area (Å²) in [5.41, 5.74) is 2.77. The van der Waals surface area contributed by atoms with E-state index in [9.17, 15) is 5.11 Å². The highest BCUT2D eigenvalue weighted by atomic mass is 16.5. The molecule has 2 atom stereocenters. The summed E-state index contributed by atoms with van der Waals surface area (Å²) in [6, 6.07) is 8.49. The third-order valence-corrected chi connectivity index (χ3v) is 4.28. The first-order valence-electron chi connectivity index (χ1n) is 7.11. The monoisotopic (exact) mass is 271 g/mol. The van der Waals surface area contributed by atoms with E-state index < -0.39 is 0 Å². The predicted molar refractivity (Wildman–Crippen MR) is 72.3 cm³/mol. The van der Waals surface area contributed by atoms with Crippen molar-refractivity contribution in [3.63, 3.8) is 0 Å². The van der Waals surface area contributed by atoms with Crippen LogP contribution >= 0.6 is 0 Å². The molecule has 1 aromatic heterocycles. The van der Waals surface area contributed by atoms with Crippen LogP contribution in [-0.4, -0.2) is 27.9 Å². The fourth-order valence-electron chi connectivity index (χ4n) is 3.20. The Kier molecular flexibility index (Phi) is 2.82. The molecular weight excluding hydrogens is 254 g/mol. The van der Waals surface area contributed by atoms with Crippen LogP contribution < -0.4 is 5.32 Å². The van der Waals surface area contributed by atoms with Gasteiger partial charge in [0.15, 0.2) is 5.82 Å². The maximum absolute atomic E-state index is 9.55. The van der Waals surface area contributed by atoms with Crippen LogP contribution in [0.3, 0.4) is 0 Å². The van der Waals surface area contributed by atoms with Gasteiger partial charge in [0.1, 0.15) is 0 Å². The van der Waals surface area contributed by atoms with Crippen molar-refractivity contribution in [1.82, 2.24) is 15.5 Å². The molecule has 1 fully saturated rings. The van der Waals surface area contributed by atoms with Gasteiger partial charge in [0.25, 0.3) is 0 Å². The SMILES string of the molecule is O[C@H]1CN[C@@H](c2nc(C3Cc4ccccc4C3)no2)C1. The van der Waals surface area contributed by atoms with E-state index >= 15 is 0 Å². The van der Waals surface area contributed by atoms with Crippen LogP contribution in [0.4, 0.5) is 0 Å². The van der Waals surface area contributed by atoms with Crippen molar-refractivity contribution in [3.8, 4) is 0 Å². The molecule has 2 N–H and O–H groups in total. The lowest BCUT2D eigenvalue weighted by Gasteiger charge is -2.03. The lowest BCUT2D eigenvalue weighted by Crippen LogP contribution is -2.15. The zero-order valence-electron chi connectivity index (χ0n) is 11.1. The van der Waals surface area contributed by atoms with Crippen molar-refractivity contribution in [3.05, 3.63) is 47.1 Å². The van der Waals surface area contributed by atoms with Crippen molar-refractivity contribution in [2.75, 3.05) is 6.54 Å². The number of hydrogen-bond acceptors (Lipinski definition) is 5. The van der Waals surface area contributed by atoms with Gasteiger partial charge in [-0.3, -0.25) is 0 Å². The predicted octanol–water partition coefficient (Wildman–Crippen LogP) is 1.35. The number of benzene rings is 1. The molecule has 0 amide bonds. The Labute approximate surface area is 117 Å². The summed E-state index contributed by atoms with van der Waals surface area (Å²) < 4.78 is 5.37. The molecule has 0 unspecified atom stereocenters. The van der Waals surface area contributed by atoms with Gasteiger partial charge >= 0.3 is 0 Å². The van der Waals surface area contributed by atoms with Crippen molar-refractivity contribution >= 4 is 0 Å². The van der Waals surface area contributed by atoms with Crippen molar-refractivity contribution in [1.29, 1.82) is 0 Å². The smallest absolute Gasteiger partial charge is 0.243 e. The molecule has 5 nitrogen and oxygen atoms in total. The fraction of sp³-hybridized carbons (Fsp3) is 0.467. The molecule has 2 aromatic rings. The van der Waals surface area contributed by atoms with E-state index in [1.165, 1.54) is 11.1 Å². The van der Waals surface area contributed by atoms with E-state index in [-0.39, 0.29) is 12.1 Å². The molecule has 5 heteroatoms. The molecule has 0 spiro atoms. The molecule has 1 aromatic carbocycles. The van der Waals surface area contributed by atoms with Gasteiger partial charge in [-0.2, -0.15) is 4.98 Å². The second kappa shape index (κ2) is 4.68. The molecule has 2 aliphatic rings. The molecule has 1 aliphatic carbocycles. The molecular formula is C15H17N3O2. The largest absolute Gasteiger partial charge is 0.392 e. The van der Waals surface area contributed by atoms with Gasteiger partial charge in [-0.1, -0.05) is 29.4 Å². The molecule has 0 radical (unpaired) electrons. The number of rotatable bonds is 2. The first-order chi connectivity index (χ1) is 9.79. The highest BCUT2D eigenvalue weighted by molar-refractivity contribution is 5.34. The summed E-state index contributed by atoms with van der Waals surface area (Å²) in [7, 11) is 0. The molecule has 0 bridgehead atoms. The third-order valence-electron chi connectivity index (χ3n) is 4.28. The van der Waals surface area contributed by atoms with Crippen LogP contribution in [0.25, 0.3) is 0 Å². The van der Waals surface area contributed by atoms with Gasteiger partial charge in [-0.15, -0.1) is 0 Å². The maximum Gasteiger partial charge on any atom is 0.243 e. The average molecular weight is 271 g/mol. The Morgan fingerprint density at radius 2 is 1.95 bits per heavy atom. The second-order valence-corrected chi connectivity index (χ2v) is 5.72. The maximum atomic E-state index is 9.55. The summed E-state index contributed by atoms with van der Waals surface area (Å²) in [6.45, 7) is 0.594. The number of β-amino-alcohol motifs (C(OH)–C–C–N with tert-alkyl or cyclic N) is 1. The third kappa shape index (κ3) is 2.03. The number of aliphatic hydroxyl groups is 1. The highest BCUT2D eigenvalue weighted by Gasteiger charge is 2.31. The van der Waals surface area contributed by atoms with Crippen LogP contribution in [0, 0.1) is 0 Å². The number of aromatic nitrogens is 2. The van der Waals surface area contributed by atoms with Crippen LogP contribution in [0.2, 0.25) is 0 Å². The van der Waals surface area contributed by atoms with Gasteiger partial charge in [0.2, 0.25) is 5.89 Å². The Hall–Kier alpha value is -1.72. The first kappa shape index (κ1) is 12.1. The Bertz CT molecular complexity index is 600. The van der Waals surface area contributed by atoms with Crippen molar-refractivity contribution in [2.45, 2.75) is 37.3 Å². The quantitative estimate of drug-likeness (QED) is 0.862. The zero-order valence-corrected chi connectivity index (χ0v) is 11.1. The van der Waals surface area contributed by atoms with E-state index in [0.717, 1.165) is 18.7 Å². The molecule has 0 saturated carbocycles. The van der Waals surface area contributed by atoms with E-state index in [2.05, 4.69) is 39.7 Å².